The predicted molar refractivity (Wildman–Crippen MR) is 63.8 cm³/mol. The number of hydrogen-bond acceptors (Lipinski definition) is 4. The van der Waals surface area contributed by atoms with Crippen LogP contribution >= 0.6 is 0 Å². The molecule has 6 nitrogen and oxygen atoms in total. The van der Waals surface area contributed by atoms with E-state index in [1.165, 1.54) is 12.1 Å². The van der Waals surface area contributed by atoms with Crippen LogP contribution in [-0.4, -0.2) is 31.5 Å². The molecule has 0 saturated carbocycles. The molecule has 2 rings (SSSR count). The molecule has 0 fully saturated rings. The van der Waals surface area contributed by atoms with Crippen LogP contribution in [0.3, 0.4) is 0 Å². The molecule has 0 saturated heterocycles. The molecule has 1 aromatic heterocycles. The van der Waals surface area contributed by atoms with Crippen LogP contribution in [0.15, 0.2) is 12.1 Å². The maximum Gasteiger partial charge on any atom is 0.353 e. The zero-order chi connectivity index (χ0) is 13.4. The standard InChI is InChI=1S/C12H12N2O4/c1-5-6(2)11(16)10(15)3-7(5)8-4-9(12(17)18)14-13-8/h3-4,15-16H,1-2H3,(H,13,14)(H,17,18). The summed E-state index contributed by atoms with van der Waals surface area (Å²) in [6.45, 7) is 3.43. The minimum atomic E-state index is -1.11. The van der Waals surface area contributed by atoms with Crippen LogP contribution < -0.4 is 0 Å². The van der Waals surface area contributed by atoms with Gasteiger partial charge in [0.05, 0.1) is 5.69 Å². The van der Waals surface area contributed by atoms with Gasteiger partial charge in [0.2, 0.25) is 0 Å². The van der Waals surface area contributed by atoms with E-state index in [1.807, 2.05) is 0 Å². The smallest absolute Gasteiger partial charge is 0.353 e. The van der Waals surface area contributed by atoms with Crippen LogP contribution in [-0.2, 0) is 0 Å². The average Bonchev–Trinajstić information content (AvgIpc) is 2.80. The van der Waals surface area contributed by atoms with E-state index in [9.17, 15) is 15.0 Å². The van der Waals surface area contributed by atoms with E-state index in [1.54, 1.807) is 13.8 Å². The molecule has 0 aliphatic carbocycles. The van der Waals surface area contributed by atoms with Gasteiger partial charge in [-0.05, 0) is 37.1 Å². The normalized spacial score (nSPS) is 10.6. The second kappa shape index (κ2) is 4.06. The highest BCUT2D eigenvalue weighted by Crippen LogP contribution is 2.37. The van der Waals surface area contributed by atoms with E-state index >= 15 is 0 Å². The molecular weight excluding hydrogens is 236 g/mol. The van der Waals surface area contributed by atoms with Crippen LogP contribution in [0.5, 0.6) is 11.5 Å². The van der Waals surface area contributed by atoms with Crippen LogP contribution in [0.1, 0.15) is 21.6 Å². The van der Waals surface area contributed by atoms with Crippen molar-refractivity contribution in [2.45, 2.75) is 13.8 Å². The Morgan fingerprint density at radius 1 is 1.22 bits per heavy atom. The molecule has 0 spiro atoms. The summed E-state index contributed by atoms with van der Waals surface area (Å²) >= 11 is 0. The summed E-state index contributed by atoms with van der Waals surface area (Å²) in [4.78, 5) is 10.8. The molecule has 0 bridgehead atoms. The average molecular weight is 248 g/mol. The highest BCUT2D eigenvalue weighted by Gasteiger charge is 2.16. The van der Waals surface area contributed by atoms with Crippen molar-refractivity contribution in [2.75, 3.05) is 0 Å². The molecule has 0 aliphatic heterocycles. The Morgan fingerprint density at radius 3 is 2.44 bits per heavy atom. The first-order valence-corrected chi connectivity index (χ1v) is 5.23. The first kappa shape index (κ1) is 12.0. The first-order chi connectivity index (χ1) is 8.41. The summed E-state index contributed by atoms with van der Waals surface area (Å²) in [5.41, 5.74) is 2.21. The summed E-state index contributed by atoms with van der Waals surface area (Å²) in [6, 6.07) is 2.74. The zero-order valence-electron chi connectivity index (χ0n) is 9.85. The number of phenols is 2. The van der Waals surface area contributed by atoms with Crippen molar-refractivity contribution in [3.63, 3.8) is 0 Å². The Kier molecular flexibility index (Phi) is 2.70. The molecule has 1 aromatic carbocycles. The largest absolute Gasteiger partial charge is 0.504 e. The van der Waals surface area contributed by atoms with Crippen LogP contribution in [0, 0.1) is 13.8 Å². The highest BCUT2D eigenvalue weighted by molar-refractivity contribution is 5.87. The maximum atomic E-state index is 10.8. The second-order valence-corrected chi connectivity index (χ2v) is 4.01. The number of aromatic carboxylic acids is 1. The number of carbonyl (C=O) groups is 1. The van der Waals surface area contributed by atoms with Crippen LogP contribution in [0.25, 0.3) is 11.3 Å². The van der Waals surface area contributed by atoms with Crippen molar-refractivity contribution < 1.29 is 20.1 Å². The third kappa shape index (κ3) is 1.77. The number of nitrogens with one attached hydrogen (secondary N) is 1. The molecule has 0 unspecified atom stereocenters. The van der Waals surface area contributed by atoms with Gasteiger partial charge in [-0.3, -0.25) is 5.10 Å². The molecule has 94 valence electrons. The number of phenolic OH excluding ortho intramolecular Hbond substituents is 2. The number of benzene rings is 1. The quantitative estimate of drug-likeness (QED) is 0.606. The van der Waals surface area contributed by atoms with E-state index in [2.05, 4.69) is 10.2 Å². The summed E-state index contributed by atoms with van der Waals surface area (Å²) in [5, 5.41) is 34.2. The number of carboxylic acids is 1. The lowest BCUT2D eigenvalue weighted by molar-refractivity contribution is 0.0690. The molecule has 0 radical (unpaired) electrons. The zero-order valence-corrected chi connectivity index (χ0v) is 9.85. The Hall–Kier alpha value is -2.50. The van der Waals surface area contributed by atoms with Gasteiger partial charge in [0.15, 0.2) is 11.5 Å². The van der Waals surface area contributed by atoms with E-state index < -0.39 is 5.97 Å². The molecule has 0 atom stereocenters. The van der Waals surface area contributed by atoms with E-state index in [-0.39, 0.29) is 17.2 Å². The number of aromatic nitrogens is 2. The van der Waals surface area contributed by atoms with Crippen molar-refractivity contribution >= 4 is 5.97 Å². The lowest BCUT2D eigenvalue weighted by Gasteiger charge is -2.09. The summed E-state index contributed by atoms with van der Waals surface area (Å²) in [6.07, 6.45) is 0. The van der Waals surface area contributed by atoms with Crippen molar-refractivity contribution in [2.24, 2.45) is 0 Å². The van der Waals surface area contributed by atoms with Gasteiger partial charge in [-0.1, -0.05) is 0 Å². The van der Waals surface area contributed by atoms with Gasteiger partial charge in [0.1, 0.15) is 5.69 Å². The van der Waals surface area contributed by atoms with Crippen LogP contribution in [0.2, 0.25) is 0 Å². The molecule has 0 aliphatic rings. The first-order valence-electron chi connectivity index (χ1n) is 5.23. The van der Waals surface area contributed by atoms with Gasteiger partial charge < -0.3 is 15.3 Å². The molecule has 1 heterocycles. The fourth-order valence-corrected chi connectivity index (χ4v) is 1.72. The number of rotatable bonds is 2. The summed E-state index contributed by atoms with van der Waals surface area (Å²) in [7, 11) is 0. The number of aromatic hydroxyl groups is 2. The molecule has 0 amide bonds. The van der Waals surface area contributed by atoms with Crippen LogP contribution in [0.4, 0.5) is 0 Å². The maximum absolute atomic E-state index is 10.8. The van der Waals surface area contributed by atoms with Gasteiger partial charge in [-0.15, -0.1) is 0 Å². The van der Waals surface area contributed by atoms with Gasteiger partial charge >= 0.3 is 5.97 Å². The van der Waals surface area contributed by atoms with E-state index in [4.69, 9.17) is 5.11 Å². The fraction of sp³-hybridized carbons (Fsp3) is 0.167. The van der Waals surface area contributed by atoms with Gasteiger partial charge in [0.25, 0.3) is 0 Å². The minimum absolute atomic E-state index is 0.0328. The Labute approximate surface area is 103 Å². The lowest BCUT2D eigenvalue weighted by atomic mass is 9.99. The van der Waals surface area contributed by atoms with Gasteiger partial charge in [-0.2, -0.15) is 5.10 Å². The molecule has 18 heavy (non-hydrogen) atoms. The number of H-pyrrole nitrogens is 1. The van der Waals surface area contributed by atoms with Crippen molar-refractivity contribution in [1.82, 2.24) is 10.2 Å². The highest BCUT2D eigenvalue weighted by atomic mass is 16.4. The third-order valence-electron chi connectivity index (χ3n) is 2.93. The predicted octanol–water partition coefficient (Wildman–Crippen LogP) is 1.80. The second-order valence-electron chi connectivity index (χ2n) is 4.01. The topological polar surface area (TPSA) is 106 Å². The summed E-state index contributed by atoms with van der Waals surface area (Å²) < 4.78 is 0. The summed E-state index contributed by atoms with van der Waals surface area (Å²) in [5.74, 6) is -1.54. The molecule has 2 aromatic rings. The molecular formula is C12H12N2O4. The number of hydrogen-bond donors (Lipinski definition) is 4. The number of carboxylic acid groups (broad SMARTS) is 1. The van der Waals surface area contributed by atoms with Crippen molar-refractivity contribution in [3.8, 4) is 22.8 Å². The number of nitrogens with zero attached hydrogens (tertiary/aromatic N) is 1. The van der Waals surface area contributed by atoms with Gasteiger partial charge in [0, 0.05) is 5.56 Å². The third-order valence-corrected chi connectivity index (χ3v) is 2.93. The van der Waals surface area contributed by atoms with Crippen molar-refractivity contribution in [1.29, 1.82) is 0 Å². The SMILES string of the molecule is Cc1c(-c2cc(C(=O)O)[nH]n2)cc(O)c(O)c1C. The molecule has 4 N–H and O–H groups in total. The van der Waals surface area contributed by atoms with Crippen molar-refractivity contribution in [3.05, 3.63) is 29.0 Å². The molecule has 6 heteroatoms. The lowest BCUT2D eigenvalue weighted by Crippen LogP contribution is -1.95. The minimum Gasteiger partial charge on any atom is -0.504 e. The Bertz CT molecular complexity index is 631. The number of aromatic amines is 1. The Balaban J connectivity index is 2.60. The fourth-order valence-electron chi connectivity index (χ4n) is 1.72. The monoisotopic (exact) mass is 248 g/mol. The van der Waals surface area contributed by atoms with E-state index in [0.717, 1.165) is 5.56 Å². The van der Waals surface area contributed by atoms with Gasteiger partial charge in [-0.25, -0.2) is 4.79 Å². The Morgan fingerprint density at radius 2 is 1.89 bits per heavy atom. The van der Waals surface area contributed by atoms with E-state index in [0.29, 0.717) is 16.8 Å².